The number of aliphatic hydroxyl groups excluding tert-OH is 3. The molecule has 2 amide bonds. The van der Waals surface area contributed by atoms with Gasteiger partial charge in [-0.2, -0.15) is 17.2 Å². The minimum absolute atomic E-state index is 0.0837. The largest absolute Gasteiger partial charge is 0.493 e. The Kier molecular flexibility index (Phi) is 26.9. The molecule has 0 aromatic heterocycles. The average Bonchev–Trinajstić information content (AvgIpc) is 0.971. The summed E-state index contributed by atoms with van der Waals surface area (Å²) in [6.45, 7) is 12.9. The number of hydrogen-bond donors (Lipinski definition) is 8. The Morgan fingerprint density at radius 1 is 0.876 bits per heavy atom. The summed E-state index contributed by atoms with van der Waals surface area (Å²) in [5.74, 6) is 7.87. The number of allylic oxidation sites excluding steroid dienone is 2. The third kappa shape index (κ3) is 17.6. The van der Waals surface area contributed by atoms with Gasteiger partial charge < -0.3 is 87.9 Å². The van der Waals surface area contributed by atoms with Gasteiger partial charge in [-0.05, 0) is 61.7 Å². The average molecular weight is 1320 g/mol. The molecule has 1 aromatic carbocycles. The molecule has 6 aliphatic rings. The summed E-state index contributed by atoms with van der Waals surface area (Å²) >= 11 is 1.49. The molecule has 4 saturated heterocycles. The molecule has 492 valence electrons. The molecule has 1 unspecified atom stereocenters. The number of methoxy groups -OCH3 is 5. The lowest BCUT2D eigenvalue weighted by Crippen LogP contribution is -2.62. The van der Waals surface area contributed by atoms with Crippen molar-refractivity contribution in [2.24, 2.45) is 5.92 Å². The zero-order valence-corrected chi connectivity index (χ0v) is 54.9. The molecule has 4 aliphatic heterocycles. The van der Waals surface area contributed by atoms with Crippen LogP contribution in [0.15, 0.2) is 59.5 Å². The van der Waals surface area contributed by atoms with Gasteiger partial charge in [0.1, 0.15) is 18.3 Å². The first kappa shape index (κ1) is 71.9. The first-order valence-electron chi connectivity index (χ1n) is 28.8. The van der Waals surface area contributed by atoms with E-state index < -0.39 is 127 Å². The van der Waals surface area contributed by atoms with Crippen molar-refractivity contribution in [3.05, 3.63) is 65.1 Å². The topological polar surface area (TPSA) is 317 Å². The van der Waals surface area contributed by atoms with E-state index in [1.807, 2.05) is 33.3 Å². The van der Waals surface area contributed by atoms with E-state index in [9.17, 15) is 34.8 Å². The van der Waals surface area contributed by atoms with Gasteiger partial charge in [-0.25, -0.2) is 9.59 Å². The number of rotatable bonds is 25. The molecule has 89 heavy (non-hydrogen) atoms. The first-order valence-corrected chi connectivity index (χ1v) is 34.1. The summed E-state index contributed by atoms with van der Waals surface area (Å²) in [7, 11) is 10.9. The molecule has 7 rings (SSSR count). The molecule has 19 atom stereocenters. The molecule has 2 bridgehead atoms. The smallest absolute Gasteiger partial charge is 0.411 e. The monoisotopic (exact) mass is 1320 g/mol. The number of Topliss-reactive ketones (excluding diaryl/α,β-unsaturated/α-hetero) is 1. The third-order valence-corrected chi connectivity index (χ3v) is 20.7. The van der Waals surface area contributed by atoms with Crippen LogP contribution in [-0.2, 0) is 61.8 Å². The van der Waals surface area contributed by atoms with Crippen molar-refractivity contribution in [2.75, 3.05) is 65.7 Å². The highest BCUT2D eigenvalue weighted by Gasteiger charge is 2.57. The Morgan fingerprint density at radius 2 is 1.60 bits per heavy atom. The number of fused-ring (bicyclic) bond motifs is 2. The van der Waals surface area contributed by atoms with Gasteiger partial charge in [0.05, 0.1) is 112 Å². The molecule has 2 aliphatic carbocycles. The van der Waals surface area contributed by atoms with Crippen molar-refractivity contribution < 1.29 is 101 Å². The number of aliphatic hydroxyl groups is 4. The number of benzene rings is 1. The van der Waals surface area contributed by atoms with Crippen molar-refractivity contribution in [3.63, 3.8) is 0 Å². The number of anilines is 1. The summed E-state index contributed by atoms with van der Waals surface area (Å²) < 4.78 is 71.9. The lowest BCUT2D eigenvalue weighted by Gasteiger charge is -2.47. The fraction of sp³-hybridized carbons (Fsp3) is 0.633. The van der Waals surface area contributed by atoms with Crippen molar-refractivity contribution in [3.8, 4) is 35.2 Å². The molecule has 29 heteroatoms. The van der Waals surface area contributed by atoms with Crippen LogP contribution in [0.25, 0.3) is 0 Å². The number of hydroxylamine groups is 1. The predicted octanol–water partition coefficient (Wildman–Crippen LogP) is 4.08. The summed E-state index contributed by atoms with van der Waals surface area (Å²) in [6, 6.07) is 1.65. The molecule has 0 spiro atoms. The van der Waals surface area contributed by atoms with Gasteiger partial charge in [-0.15, -0.1) is 0 Å². The lowest BCUT2D eigenvalue weighted by atomic mass is 9.73. The van der Waals surface area contributed by atoms with Crippen molar-refractivity contribution in [1.29, 1.82) is 0 Å². The number of nitrogens with one attached hydrogen (secondary N) is 4. The van der Waals surface area contributed by atoms with Crippen LogP contribution < -0.4 is 30.9 Å². The Morgan fingerprint density at radius 3 is 2.26 bits per heavy atom. The fourth-order valence-corrected chi connectivity index (χ4v) is 14.6. The summed E-state index contributed by atoms with van der Waals surface area (Å²) in [5, 5.41) is 57.1. The van der Waals surface area contributed by atoms with Crippen LogP contribution in [0.4, 0.5) is 10.5 Å². The van der Waals surface area contributed by atoms with E-state index in [4.69, 9.17) is 61.7 Å². The predicted molar refractivity (Wildman–Crippen MR) is 333 cm³/mol. The zero-order chi connectivity index (χ0) is 64.9. The zero-order valence-electron chi connectivity index (χ0n) is 51.7. The van der Waals surface area contributed by atoms with Crippen LogP contribution >= 0.6 is 43.2 Å². The standard InChI is InChI=1S/C60H82N4O21S4/c1-29(2)61-39-28-78-34(23-42(39)74-8)22-36-52(67)49(64-85-47-26-40(65)54(86-12)32(5)80-47)30(3)81-58(36)83-41-18-16-14-15-17-20-60(72)37(19-21-88-89-87-13)48(41)50(63-59(71)77-11)53(68)55(60)84-46-27-45(51(66)31(4)79-46)82-57(70)35-24-43(75-9)44(76-10)25-38(35)62-56(69)33(6)73-7/h14-15,19,24-25,29-32,34,36,39-42,45-47,49,51-52,54-55,58,61,64-67,72H,6,21-23,26-28H2,1-5,7-13H3,(H,62,69)(H,63,71)/b15-14-,37-19+/t30-,31-,32+,34-,36+,39-,40-,41-,42-,45-,46-,47?,49+,51-,52+,54+,55+,58-,60+/m0/s1. The summed E-state index contributed by atoms with van der Waals surface area (Å²) in [5.41, 5.74) is -0.686. The highest BCUT2D eigenvalue weighted by Crippen LogP contribution is 2.45. The van der Waals surface area contributed by atoms with Gasteiger partial charge in [0.25, 0.3) is 5.91 Å². The van der Waals surface area contributed by atoms with Gasteiger partial charge in [0.15, 0.2) is 47.8 Å². The van der Waals surface area contributed by atoms with Gasteiger partial charge >= 0.3 is 12.1 Å². The number of alkyl carbamates (subject to hydrolysis) is 1. The molecule has 0 radical (unpaired) electrons. The minimum Gasteiger partial charge on any atom is -0.493 e. The highest BCUT2D eigenvalue weighted by molar-refractivity contribution is 9.09. The van der Waals surface area contributed by atoms with Crippen LogP contribution in [0, 0.1) is 29.6 Å². The van der Waals surface area contributed by atoms with Crippen molar-refractivity contribution in [1.82, 2.24) is 16.1 Å². The van der Waals surface area contributed by atoms with Crippen LogP contribution in [0.1, 0.15) is 70.7 Å². The second-order valence-electron chi connectivity index (χ2n) is 21.9. The molecule has 4 heterocycles. The molecule has 8 N–H and O–H groups in total. The molecule has 0 saturated carbocycles. The maximum atomic E-state index is 15.6. The molecular formula is C60H82N4O21S4. The maximum Gasteiger partial charge on any atom is 0.411 e. The Labute approximate surface area is 534 Å². The van der Waals surface area contributed by atoms with Gasteiger partial charge in [-0.1, -0.05) is 71.8 Å². The highest BCUT2D eigenvalue weighted by atomic mass is 33.5. The number of hydrogen-bond acceptors (Lipinski definition) is 27. The fourth-order valence-electron chi connectivity index (χ4n) is 11.3. The SMILES string of the molecule is C=C(OC)C(=O)Nc1cc(OC)c(OC)cc1C(=O)O[C@H]1C[C@H](O[C@@H]2C(=O)C(NC(=O)OC)=C3/C(=C\CSSSC)[C@]2(O)C#C/C=C\C#C[C@@H]3O[C@@H]2O[C@@H](C)[C@@H](NOC3C[C@H](O)[C@H](SC)[C@@H](C)O3)[C@H](O)[C@H]2C[C@H]2C[C@H](OC)[C@@H](NC(C)C)CO2)O[C@@H](C)[C@@H]1O. The minimum atomic E-state index is -2.63. The van der Waals surface area contributed by atoms with Crippen LogP contribution in [0.3, 0.4) is 0 Å². The number of carbonyl (C=O) groups excluding carboxylic acids is 4. The van der Waals surface area contributed by atoms with Crippen molar-refractivity contribution in [2.45, 2.75) is 175 Å². The van der Waals surface area contributed by atoms with Gasteiger partial charge in [-0.3, -0.25) is 19.7 Å². The third-order valence-electron chi connectivity index (χ3n) is 15.8. The Hall–Kier alpha value is -4.58. The van der Waals surface area contributed by atoms with Crippen LogP contribution in [0.2, 0.25) is 0 Å². The van der Waals surface area contributed by atoms with E-state index in [1.54, 1.807) is 20.1 Å². The summed E-state index contributed by atoms with van der Waals surface area (Å²) in [6.07, 6.45) is -8.35. The lowest BCUT2D eigenvalue weighted by molar-refractivity contribution is -0.293. The van der Waals surface area contributed by atoms with Gasteiger partial charge in [0.2, 0.25) is 5.78 Å². The van der Waals surface area contributed by atoms with Gasteiger partial charge in [0, 0.05) is 67.4 Å². The van der Waals surface area contributed by atoms with E-state index in [0.29, 0.717) is 6.42 Å². The molecule has 4 fully saturated rings. The van der Waals surface area contributed by atoms with E-state index in [-0.39, 0.29) is 94.4 Å². The quantitative estimate of drug-likeness (QED) is 0.0130. The molecular weight excluding hydrogens is 1240 g/mol. The van der Waals surface area contributed by atoms with Crippen LogP contribution in [-0.4, -0.2) is 220 Å². The summed E-state index contributed by atoms with van der Waals surface area (Å²) in [4.78, 5) is 62.6. The second kappa shape index (κ2) is 33.3. The number of ether oxygens (including phenoxy) is 12. The van der Waals surface area contributed by atoms with E-state index in [2.05, 4.69) is 51.7 Å². The first-order chi connectivity index (χ1) is 42.5. The second-order valence-corrected chi connectivity index (χ2v) is 27.3. The Bertz CT molecular complexity index is 2890. The molecule has 25 nitrogen and oxygen atoms in total. The number of amides is 2. The van der Waals surface area contributed by atoms with Crippen molar-refractivity contribution >= 4 is 72.6 Å². The number of carbonyl (C=O) groups is 4. The number of thioether (sulfide) groups is 1. The normalized spacial score (nSPS) is 34.4. The molecule has 1 aromatic rings. The number of ketones is 1. The van der Waals surface area contributed by atoms with E-state index >= 15 is 4.79 Å². The van der Waals surface area contributed by atoms with E-state index in [0.717, 1.165) is 7.11 Å². The maximum absolute atomic E-state index is 15.6. The van der Waals surface area contributed by atoms with E-state index in [1.165, 1.54) is 95.7 Å². The number of esters is 1. The Balaban J connectivity index is 1.27. The van der Waals surface area contributed by atoms with Crippen LogP contribution in [0.5, 0.6) is 11.5 Å².